The van der Waals surface area contributed by atoms with E-state index in [1.165, 1.54) is 12.1 Å². The monoisotopic (exact) mass is 218 g/mol. The minimum absolute atomic E-state index is 0.151. The molecule has 0 saturated carbocycles. The van der Waals surface area contributed by atoms with Crippen molar-refractivity contribution in [1.29, 1.82) is 0 Å². The molecular weight excluding hydrogens is 203 g/mol. The molecule has 0 atom stereocenters. The van der Waals surface area contributed by atoms with Crippen LogP contribution in [-0.2, 0) is 5.41 Å². The van der Waals surface area contributed by atoms with Crippen LogP contribution in [0.4, 0.5) is 10.2 Å². The third-order valence-corrected chi connectivity index (χ3v) is 2.53. The van der Waals surface area contributed by atoms with Gasteiger partial charge in [-0.3, -0.25) is 0 Å². The van der Waals surface area contributed by atoms with Crippen molar-refractivity contribution in [3.05, 3.63) is 35.8 Å². The largest absolute Gasteiger partial charge is 0.384 e. The van der Waals surface area contributed by atoms with E-state index in [0.717, 1.165) is 16.5 Å². The number of nitrogens with two attached hydrogens (primary N) is 1. The molecule has 2 nitrogen and oxygen atoms in total. The number of anilines is 1. The Morgan fingerprint density at radius 1 is 1.19 bits per heavy atom. The Morgan fingerprint density at radius 3 is 2.50 bits per heavy atom. The topological polar surface area (TPSA) is 38.9 Å². The van der Waals surface area contributed by atoms with Gasteiger partial charge in [0, 0.05) is 10.8 Å². The highest BCUT2D eigenvalue weighted by atomic mass is 19.1. The Morgan fingerprint density at radius 2 is 1.88 bits per heavy atom. The van der Waals surface area contributed by atoms with Crippen LogP contribution in [0.1, 0.15) is 26.5 Å². The average molecular weight is 218 g/mol. The minimum Gasteiger partial charge on any atom is -0.384 e. The highest BCUT2D eigenvalue weighted by Gasteiger charge is 2.19. The third-order valence-electron chi connectivity index (χ3n) is 2.53. The predicted molar refractivity (Wildman–Crippen MR) is 64.8 cm³/mol. The number of halogens is 1. The van der Waals surface area contributed by atoms with Crippen molar-refractivity contribution in [2.45, 2.75) is 26.2 Å². The van der Waals surface area contributed by atoms with Gasteiger partial charge in [-0.25, -0.2) is 9.37 Å². The van der Waals surface area contributed by atoms with Gasteiger partial charge in [0.05, 0.1) is 5.69 Å². The summed E-state index contributed by atoms with van der Waals surface area (Å²) in [5.74, 6) is 0.230. The minimum atomic E-state index is -0.246. The number of aromatic nitrogens is 1. The highest BCUT2D eigenvalue weighted by Crippen LogP contribution is 2.29. The van der Waals surface area contributed by atoms with Crippen LogP contribution in [0.2, 0.25) is 0 Å². The number of hydrogen-bond acceptors (Lipinski definition) is 2. The molecule has 0 aliphatic rings. The lowest BCUT2D eigenvalue weighted by atomic mass is 9.88. The summed E-state index contributed by atoms with van der Waals surface area (Å²) in [5, 5.41) is 1.76. The molecule has 1 aromatic carbocycles. The second-order valence-electron chi connectivity index (χ2n) is 5.01. The van der Waals surface area contributed by atoms with Gasteiger partial charge in [0.1, 0.15) is 11.6 Å². The Balaban J connectivity index is 2.85. The van der Waals surface area contributed by atoms with Gasteiger partial charge in [0.2, 0.25) is 0 Å². The first-order valence-electron chi connectivity index (χ1n) is 5.24. The van der Waals surface area contributed by atoms with Crippen LogP contribution < -0.4 is 5.73 Å². The van der Waals surface area contributed by atoms with Crippen molar-refractivity contribution in [2.75, 3.05) is 5.73 Å². The molecule has 0 amide bonds. The Kier molecular flexibility index (Phi) is 2.34. The maximum atomic E-state index is 13.2. The van der Waals surface area contributed by atoms with E-state index in [0.29, 0.717) is 5.82 Å². The summed E-state index contributed by atoms with van der Waals surface area (Å²) in [6, 6.07) is 6.46. The number of nitrogen functional groups attached to an aromatic ring is 1. The molecule has 0 bridgehead atoms. The Labute approximate surface area is 94.3 Å². The smallest absolute Gasteiger partial charge is 0.124 e. The van der Waals surface area contributed by atoms with E-state index in [1.54, 1.807) is 12.1 Å². The second-order valence-corrected chi connectivity index (χ2v) is 5.01. The number of fused-ring (bicyclic) bond motifs is 1. The average Bonchev–Trinajstić information content (AvgIpc) is 2.16. The molecule has 0 unspecified atom stereocenters. The van der Waals surface area contributed by atoms with Crippen molar-refractivity contribution >= 4 is 16.6 Å². The number of rotatable bonds is 0. The van der Waals surface area contributed by atoms with Gasteiger partial charge >= 0.3 is 0 Å². The third kappa shape index (κ3) is 1.85. The maximum Gasteiger partial charge on any atom is 0.124 e. The summed E-state index contributed by atoms with van der Waals surface area (Å²) < 4.78 is 13.2. The first kappa shape index (κ1) is 10.9. The molecular formula is C13H15FN2. The molecule has 0 aliphatic carbocycles. The molecule has 84 valence electrons. The van der Waals surface area contributed by atoms with Gasteiger partial charge in [-0.15, -0.1) is 0 Å². The molecule has 1 aromatic heterocycles. The SMILES string of the molecule is CC(C)(C)c1nc(N)cc2ccc(F)cc12. The number of nitrogens with zero attached hydrogens (tertiary/aromatic N) is 1. The lowest BCUT2D eigenvalue weighted by molar-refractivity contribution is 0.575. The fraction of sp³-hybridized carbons (Fsp3) is 0.308. The molecule has 0 aliphatic heterocycles. The van der Waals surface area contributed by atoms with Gasteiger partial charge in [0.25, 0.3) is 0 Å². The molecule has 0 fully saturated rings. The molecule has 2 rings (SSSR count). The summed E-state index contributed by atoms with van der Waals surface area (Å²) in [6.07, 6.45) is 0. The van der Waals surface area contributed by atoms with E-state index in [9.17, 15) is 4.39 Å². The lowest BCUT2D eigenvalue weighted by Gasteiger charge is -2.20. The van der Waals surface area contributed by atoms with E-state index >= 15 is 0 Å². The number of benzene rings is 1. The van der Waals surface area contributed by atoms with Gasteiger partial charge in [-0.2, -0.15) is 0 Å². The van der Waals surface area contributed by atoms with Crippen molar-refractivity contribution < 1.29 is 4.39 Å². The summed E-state index contributed by atoms with van der Waals surface area (Å²) in [6.45, 7) is 6.12. The maximum absolute atomic E-state index is 13.2. The van der Waals surface area contributed by atoms with Crippen LogP contribution in [0.3, 0.4) is 0 Å². The zero-order valence-corrected chi connectivity index (χ0v) is 9.71. The fourth-order valence-corrected chi connectivity index (χ4v) is 1.81. The molecule has 3 heteroatoms. The molecule has 0 spiro atoms. The van der Waals surface area contributed by atoms with Gasteiger partial charge in [-0.05, 0) is 23.6 Å². The summed E-state index contributed by atoms with van der Waals surface area (Å²) >= 11 is 0. The first-order chi connectivity index (χ1) is 7.38. The number of hydrogen-bond donors (Lipinski definition) is 1. The molecule has 1 heterocycles. The summed E-state index contributed by atoms with van der Waals surface area (Å²) in [4.78, 5) is 4.32. The zero-order valence-electron chi connectivity index (χ0n) is 9.71. The van der Waals surface area contributed by atoms with Crippen LogP contribution in [0, 0.1) is 5.82 Å². The number of pyridine rings is 1. The standard InChI is InChI=1S/C13H15FN2/c1-13(2,3)12-10-7-9(14)5-4-8(10)6-11(15)16-12/h4-7H,1-3H3,(H2,15,16). The van der Waals surface area contributed by atoms with Crippen LogP contribution in [-0.4, -0.2) is 4.98 Å². The first-order valence-corrected chi connectivity index (χ1v) is 5.24. The molecule has 0 saturated heterocycles. The van der Waals surface area contributed by atoms with Crippen LogP contribution in [0.5, 0.6) is 0 Å². The van der Waals surface area contributed by atoms with E-state index < -0.39 is 0 Å². The van der Waals surface area contributed by atoms with E-state index in [1.807, 2.05) is 20.8 Å². The predicted octanol–water partition coefficient (Wildman–Crippen LogP) is 3.25. The highest BCUT2D eigenvalue weighted by molar-refractivity contribution is 5.87. The zero-order chi connectivity index (χ0) is 11.9. The molecule has 2 N–H and O–H groups in total. The van der Waals surface area contributed by atoms with Crippen LogP contribution in [0.15, 0.2) is 24.3 Å². The molecule has 16 heavy (non-hydrogen) atoms. The van der Waals surface area contributed by atoms with Gasteiger partial charge in [0.15, 0.2) is 0 Å². The van der Waals surface area contributed by atoms with Crippen molar-refractivity contribution in [3.8, 4) is 0 Å². The van der Waals surface area contributed by atoms with Crippen molar-refractivity contribution in [1.82, 2.24) is 4.98 Å². The summed E-state index contributed by atoms with van der Waals surface area (Å²) in [7, 11) is 0. The van der Waals surface area contributed by atoms with E-state index in [-0.39, 0.29) is 11.2 Å². The van der Waals surface area contributed by atoms with Crippen molar-refractivity contribution in [3.63, 3.8) is 0 Å². The van der Waals surface area contributed by atoms with Gasteiger partial charge < -0.3 is 5.73 Å². The quantitative estimate of drug-likeness (QED) is 0.737. The van der Waals surface area contributed by atoms with E-state index in [4.69, 9.17) is 5.73 Å². The van der Waals surface area contributed by atoms with E-state index in [2.05, 4.69) is 4.98 Å². The van der Waals surface area contributed by atoms with Crippen molar-refractivity contribution in [2.24, 2.45) is 0 Å². The van der Waals surface area contributed by atoms with Crippen LogP contribution >= 0.6 is 0 Å². The summed E-state index contributed by atoms with van der Waals surface area (Å²) in [5.41, 5.74) is 6.44. The Hall–Kier alpha value is -1.64. The normalized spacial score (nSPS) is 12.0. The van der Waals surface area contributed by atoms with Gasteiger partial charge in [-0.1, -0.05) is 26.8 Å². The lowest BCUT2D eigenvalue weighted by Crippen LogP contribution is -2.15. The second kappa shape index (κ2) is 3.44. The fourth-order valence-electron chi connectivity index (χ4n) is 1.81. The van der Waals surface area contributed by atoms with Crippen LogP contribution in [0.25, 0.3) is 10.8 Å². The Bertz CT molecular complexity index is 541. The molecule has 2 aromatic rings. The molecule has 0 radical (unpaired) electrons.